The van der Waals surface area contributed by atoms with E-state index < -0.39 is 5.95 Å². The number of nitrogens with zero attached hydrogens (tertiary/aromatic N) is 1. The molecule has 46 valence electrons. The van der Waals surface area contributed by atoms with Crippen molar-refractivity contribution in [3.05, 3.63) is 12.5 Å². The first kappa shape index (κ1) is 7.34. The molecule has 0 unspecified atom stereocenters. The lowest BCUT2D eigenvalue weighted by molar-refractivity contribution is 0.632. The summed E-state index contributed by atoms with van der Waals surface area (Å²) in [4.78, 5) is 3.45. The largest absolute Gasteiger partial charge is 0.230 e. The van der Waals surface area contributed by atoms with Gasteiger partial charge in [0.25, 0.3) is 0 Å². The minimum Gasteiger partial charge on any atom is -0.230 e. The molecule has 0 aliphatic rings. The molecule has 0 aliphatic heterocycles. The van der Waals surface area contributed by atoms with Gasteiger partial charge in [-0.1, -0.05) is 6.92 Å². The Morgan fingerprint density at radius 1 is 1.75 bits per heavy atom. The first-order chi connectivity index (χ1) is 3.66. The lowest BCUT2D eigenvalue weighted by Crippen LogP contribution is -1.85. The van der Waals surface area contributed by atoms with Gasteiger partial charge in [0.05, 0.1) is 0 Å². The van der Waals surface area contributed by atoms with Crippen LogP contribution in [0.3, 0.4) is 0 Å². The van der Waals surface area contributed by atoms with Crippen LogP contribution in [-0.4, -0.2) is 5.71 Å². The summed E-state index contributed by atoms with van der Waals surface area (Å²) in [7, 11) is 0. The van der Waals surface area contributed by atoms with Crippen molar-refractivity contribution < 1.29 is 4.39 Å². The summed E-state index contributed by atoms with van der Waals surface area (Å²) in [5.41, 5.74) is 0.775. The van der Waals surface area contributed by atoms with Gasteiger partial charge in [0.1, 0.15) is 0 Å². The Kier molecular flexibility index (Phi) is 3.08. The molecule has 0 atom stereocenters. The molecule has 0 aromatic rings. The van der Waals surface area contributed by atoms with Gasteiger partial charge in [0.2, 0.25) is 5.95 Å². The fraction of sp³-hybridized carbons (Fsp3) is 0.500. The Morgan fingerprint density at radius 3 is 2.38 bits per heavy atom. The van der Waals surface area contributed by atoms with Crippen molar-refractivity contribution in [1.29, 1.82) is 0 Å². The van der Waals surface area contributed by atoms with Crippen LogP contribution in [0.4, 0.5) is 4.39 Å². The molecule has 8 heavy (non-hydrogen) atoms. The second-order valence-electron chi connectivity index (χ2n) is 1.58. The Labute approximate surface area is 48.9 Å². The normalized spacial score (nSPS) is 11.6. The van der Waals surface area contributed by atoms with Crippen LogP contribution in [-0.2, 0) is 0 Å². The quantitative estimate of drug-likeness (QED) is 0.387. The molecule has 0 rings (SSSR count). The van der Waals surface area contributed by atoms with Gasteiger partial charge in [0, 0.05) is 5.71 Å². The van der Waals surface area contributed by atoms with Gasteiger partial charge in [-0.2, -0.15) is 4.39 Å². The van der Waals surface area contributed by atoms with Gasteiger partial charge in [-0.05, 0) is 19.9 Å². The second-order valence-corrected chi connectivity index (χ2v) is 1.58. The molecule has 0 saturated heterocycles. The highest BCUT2D eigenvalue weighted by Crippen LogP contribution is 1.95. The molecule has 0 saturated carbocycles. The summed E-state index contributed by atoms with van der Waals surface area (Å²) in [5, 5.41) is 0. The van der Waals surface area contributed by atoms with Crippen molar-refractivity contribution in [3.8, 4) is 0 Å². The predicted molar refractivity (Wildman–Crippen MR) is 33.6 cm³/mol. The Bertz CT molecular complexity index is 116. The molecule has 0 spiro atoms. The van der Waals surface area contributed by atoms with Gasteiger partial charge >= 0.3 is 0 Å². The van der Waals surface area contributed by atoms with Crippen molar-refractivity contribution in [2.24, 2.45) is 4.99 Å². The fourth-order valence-corrected chi connectivity index (χ4v) is 0.286. The SMILES string of the molecule is C=C(F)N=C(C)CC. The molecule has 0 fully saturated rings. The summed E-state index contributed by atoms with van der Waals surface area (Å²) >= 11 is 0. The van der Waals surface area contributed by atoms with Crippen molar-refractivity contribution in [2.45, 2.75) is 20.3 Å². The minimum atomic E-state index is -0.607. The molecule has 0 bridgehead atoms. The van der Waals surface area contributed by atoms with Crippen molar-refractivity contribution in [3.63, 3.8) is 0 Å². The molecule has 0 amide bonds. The third kappa shape index (κ3) is 3.53. The zero-order valence-corrected chi connectivity index (χ0v) is 5.24. The van der Waals surface area contributed by atoms with Gasteiger partial charge in [-0.25, -0.2) is 4.99 Å². The standard InChI is InChI=1S/C6H10FN/c1-4-5(2)8-6(3)7/h3-4H2,1-2H3. The van der Waals surface area contributed by atoms with E-state index in [4.69, 9.17) is 0 Å². The third-order valence-electron chi connectivity index (χ3n) is 0.824. The number of rotatable bonds is 2. The zero-order chi connectivity index (χ0) is 6.57. The lowest BCUT2D eigenvalue weighted by atomic mass is 10.3. The van der Waals surface area contributed by atoms with Gasteiger partial charge in [-0.3, -0.25) is 0 Å². The predicted octanol–water partition coefficient (Wildman–Crippen LogP) is 2.30. The van der Waals surface area contributed by atoms with E-state index in [9.17, 15) is 4.39 Å². The maximum atomic E-state index is 11.8. The van der Waals surface area contributed by atoms with Crippen LogP contribution < -0.4 is 0 Å². The monoisotopic (exact) mass is 115 g/mol. The molecule has 0 aromatic heterocycles. The molecule has 2 heteroatoms. The number of hydrogen-bond acceptors (Lipinski definition) is 1. The Balaban J connectivity index is 3.75. The summed E-state index contributed by atoms with van der Waals surface area (Å²) in [6.45, 7) is 6.68. The molecule has 0 radical (unpaired) electrons. The number of aliphatic imine (C=N–C) groups is 1. The van der Waals surface area contributed by atoms with Crippen LogP contribution in [0.2, 0.25) is 0 Å². The van der Waals surface area contributed by atoms with E-state index in [1.165, 1.54) is 0 Å². The first-order valence-electron chi connectivity index (χ1n) is 2.55. The maximum Gasteiger partial charge on any atom is 0.205 e. The summed E-state index contributed by atoms with van der Waals surface area (Å²) in [5.74, 6) is -0.607. The average Bonchev–Trinajstić information content (AvgIpc) is 1.65. The van der Waals surface area contributed by atoms with E-state index in [2.05, 4.69) is 11.6 Å². The molecule has 0 aliphatic carbocycles. The van der Waals surface area contributed by atoms with E-state index in [1.54, 1.807) is 6.92 Å². The second kappa shape index (κ2) is 3.36. The molecule has 0 aromatic carbocycles. The molecule has 0 heterocycles. The van der Waals surface area contributed by atoms with Crippen LogP contribution in [0, 0.1) is 0 Å². The van der Waals surface area contributed by atoms with Gasteiger partial charge in [-0.15, -0.1) is 0 Å². The molecule has 1 nitrogen and oxygen atoms in total. The first-order valence-corrected chi connectivity index (χ1v) is 2.55. The van der Waals surface area contributed by atoms with Crippen molar-refractivity contribution >= 4 is 5.71 Å². The summed E-state index contributed by atoms with van der Waals surface area (Å²) < 4.78 is 11.8. The lowest BCUT2D eigenvalue weighted by Gasteiger charge is -1.88. The van der Waals surface area contributed by atoms with Gasteiger partial charge in [0.15, 0.2) is 0 Å². The highest BCUT2D eigenvalue weighted by Gasteiger charge is 1.85. The topological polar surface area (TPSA) is 12.4 Å². The average molecular weight is 115 g/mol. The van der Waals surface area contributed by atoms with Gasteiger partial charge < -0.3 is 0 Å². The molecular formula is C6H10FN. The maximum absolute atomic E-state index is 11.8. The van der Waals surface area contributed by atoms with E-state index in [-0.39, 0.29) is 0 Å². The van der Waals surface area contributed by atoms with E-state index in [0.29, 0.717) is 0 Å². The van der Waals surface area contributed by atoms with Crippen LogP contribution in [0.15, 0.2) is 17.5 Å². The smallest absolute Gasteiger partial charge is 0.205 e. The fourth-order valence-electron chi connectivity index (χ4n) is 0.286. The van der Waals surface area contributed by atoms with Crippen LogP contribution in [0.5, 0.6) is 0 Å². The third-order valence-corrected chi connectivity index (χ3v) is 0.824. The summed E-state index contributed by atoms with van der Waals surface area (Å²) in [6.07, 6.45) is 0.781. The van der Waals surface area contributed by atoms with E-state index in [1.807, 2.05) is 6.92 Å². The van der Waals surface area contributed by atoms with E-state index in [0.717, 1.165) is 12.1 Å². The highest BCUT2D eigenvalue weighted by molar-refractivity contribution is 5.82. The number of hydrogen-bond donors (Lipinski definition) is 0. The summed E-state index contributed by atoms with van der Waals surface area (Å²) in [6, 6.07) is 0. The molecular weight excluding hydrogens is 105 g/mol. The zero-order valence-electron chi connectivity index (χ0n) is 5.24. The van der Waals surface area contributed by atoms with E-state index >= 15 is 0 Å². The molecule has 0 N–H and O–H groups in total. The minimum absolute atomic E-state index is 0.607. The van der Waals surface area contributed by atoms with Crippen molar-refractivity contribution in [1.82, 2.24) is 0 Å². The van der Waals surface area contributed by atoms with Crippen LogP contribution in [0.1, 0.15) is 20.3 Å². The Morgan fingerprint density at radius 2 is 2.25 bits per heavy atom. The van der Waals surface area contributed by atoms with Crippen LogP contribution in [0.25, 0.3) is 0 Å². The van der Waals surface area contributed by atoms with Crippen molar-refractivity contribution in [2.75, 3.05) is 0 Å². The van der Waals surface area contributed by atoms with Crippen LogP contribution >= 0.6 is 0 Å². The number of halogens is 1. The Hall–Kier alpha value is -0.660. The highest BCUT2D eigenvalue weighted by atomic mass is 19.1.